The van der Waals surface area contributed by atoms with Gasteiger partial charge in [0.25, 0.3) is 0 Å². The van der Waals surface area contributed by atoms with Crippen LogP contribution in [0.15, 0.2) is 48.5 Å². The van der Waals surface area contributed by atoms with Crippen LogP contribution in [0.3, 0.4) is 0 Å². The maximum absolute atomic E-state index is 13.4. The summed E-state index contributed by atoms with van der Waals surface area (Å²) in [6.45, 7) is 8.02. The largest absolute Gasteiger partial charge is 0.444 e. The summed E-state index contributed by atoms with van der Waals surface area (Å²) in [5, 5.41) is 22.7. The molecule has 0 aliphatic heterocycles. The second-order valence-electron chi connectivity index (χ2n) is 11.7. The molecular formula is C30H39N7O4. The number of carbonyl (C=O) groups excluding carboxylic acids is 3. The number of aryl methyl sites for hydroxylation is 1. The first-order valence-electron chi connectivity index (χ1n) is 14.0. The number of aromatic nitrogens is 4. The summed E-state index contributed by atoms with van der Waals surface area (Å²) >= 11 is 0. The smallest absolute Gasteiger partial charge is 0.407 e. The molecule has 0 spiro atoms. The van der Waals surface area contributed by atoms with Crippen LogP contribution in [0.25, 0.3) is 11.4 Å². The molecule has 0 saturated heterocycles. The Morgan fingerprint density at radius 2 is 1.68 bits per heavy atom. The van der Waals surface area contributed by atoms with Crippen LogP contribution in [0.2, 0.25) is 0 Å². The number of rotatable bonds is 9. The zero-order chi connectivity index (χ0) is 29.4. The second-order valence-corrected chi connectivity index (χ2v) is 11.7. The normalized spacial score (nSPS) is 17.8. The van der Waals surface area contributed by atoms with Crippen molar-refractivity contribution in [3.8, 4) is 11.4 Å². The van der Waals surface area contributed by atoms with Crippen molar-refractivity contribution in [1.29, 1.82) is 0 Å². The molecule has 1 fully saturated rings. The van der Waals surface area contributed by atoms with E-state index in [2.05, 4.69) is 36.6 Å². The zero-order valence-electron chi connectivity index (χ0n) is 24.1. The van der Waals surface area contributed by atoms with E-state index in [0.29, 0.717) is 37.3 Å². The van der Waals surface area contributed by atoms with Gasteiger partial charge in [0.2, 0.25) is 17.6 Å². The van der Waals surface area contributed by atoms with Crippen molar-refractivity contribution in [2.45, 2.75) is 71.4 Å². The van der Waals surface area contributed by atoms with Gasteiger partial charge < -0.3 is 20.7 Å². The highest BCUT2D eigenvalue weighted by Crippen LogP contribution is 2.29. The number of nitrogens with one attached hydrogen (secondary N) is 4. The predicted octanol–water partition coefficient (Wildman–Crippen LogP) is 4.17. The standard InChI is InChI=1S/C30H39N7O4/c1-19-5-7-20(8-6-19)17-25(28(39)32-24-15-13-22(14-16-24)26-34-36-37-35-26)33-27(38)23-11-9-21(10-12-23)18-31-29(40)41-30(2,3)4/h5-8,13-16,21,23,25H,9-12,17-18H2,1-4H3,(H,31,40)(H,32,39)(H,33,38)(H,34,35,36,37)/t21?,23?,25-/m0/s1. The van der Waals surface area contributed by atoms with Crippen LogP contribution < -0.4 is 16.0 Å². The molecule has 1 saturated carbocycles. The third-order valence-corrected chi connectivity index (χ3v) is 7.10. The Morgan fingerprint density at radius 3 is 2.29 bits per heavy atom. The third-order valence-electron chi connectivity index (χ3n) is 7.10. The van der Waals surface area contributed by atoms with E-state index in [0.717, 1.165) is 29.5 Å². The van der Waals surface area contributed by atoms with Gasteiger partial charge in [-0.25, -0.2) is 4.79 Å². The summed E-state index contributed by atoms with van der Waals surface area (Å²) in [6.07, 6.45) is 2.97. The highest BCUT2D eigenvalue weighted by molar-refractivity contribution is 5.97. The molecule has 0 radical (unpaired) electrons. The fourth-order valence-electron chi connectivity index (χ4n) is 4.85. The van der Waals surface area contributed by atoms with Crippen LogP contribution in [0.1, 0.15) is 57.6 Å². The lowest BCUT2D eigenvalue weighted by atomic mass is 9.81. The lowest BCUT2D eigenvalue weighted by Gasteiger charge is -2.29. The van der Waals surface area contributed by atoms with E-state index in [4.69, 9.17) is 4.74 Å². The number of benzene rings is 2. The number of aromatic amines is 1. The molecule has 218 valence electrons. The average Bonchev–Trinajstić information content (AvgIpc) is 3.48. The molecule has 1 atom stereocenters. The van der Waals surface area contributed by atoms with Gasteiger partial charge in [-0.05, 0) is 94.3 Å². The van der Waals surface area contributed by atoms with Crippen LogP contribution in [0.4, 0.5) is 10.5 Å². The molecule has 11 heteroatoms. The van der Waals surface area contributed by atoms with Gasteiger partial charge in [-0.1, -0.05) is 29.8 Å². The van der Waals surface area contributed by atoms with Crippen molar-refractivity contribution in [1.82, 2.24) is 31.3 Å². The van der Waals surface area contributed by atoms with E-state index in [-0.39, 0.29) is 23.7 Å². The minimum absolute atomic E-state index is 0.122. The van der Waals surface area contributed by atoms with E-state index >= 15 is 0 Å². The summed E-state index contributed by atoms with van der Waals surface area (Å²) in [6, 6.07) is 14.3. The molecule has 1 heterocycles. The molecule has 3 amide bonds. The van der Waals surface area contributed by atoms with E-state index in [9.17, 15) is 14.4 Å². The lowest BCUT2D eigenvalue weighted by Crippen LogP contribution is -2.48. The van der Waals surface area contributed by atoms with Gasteiger partial charge in [0.05, 0.1) is 0 Å². The predicted molar refractivity (Wildman–Crippen MR) is 155 cm³/mol. The van der Waals surface area contributed by atoms with Crippen LogP contribution in [-0.4, -0.2) is 56.7 Å². The maximum Gasteiger partial charge on any atom is 0.407 e. The second kappa shape index (κ2) is 13.4. The Kier molecular flexibility index (Phi) is 9.69. The first-order chi connectivity index (χ1) is 19.6. The Morgan fingerprint density at radius 1 is 1.00 bits per heavy atom. The van der Waals surface area contributed by atoms with Gasteiger partial charge in [0.1, 0.15) is 11.6 Å². The molecular weight excluding hydrogens is 522 g/mol. The van der Waals surface area contributed by atoms with Crippen LogP contribution in [0.5, 0.6) is 0 Å². The monoisotopic (exact) mass is 561 g/mol. The highest BCUT2D eigenvalue weighted by Gasteiger charge is 2.30. The first kappa shape index (κ1) is 29.7. The number of ether oxygens (including phenoxy) is 1. The van der Waals surface area contributed by atoms with Crippen molar-refractivity contribution < 1.29 is 19.1 Å². The molecule has 3 aromatic rings. The molecule has 11 nitrogen and oxygen atoms in total. The Bertz CT molecular complexity index is 1290. The number of hydrogen-bond acceptors (Lipinski definition) is 7. The van der Waals surface area contributed by atoms with E-state index < -0.39 is 17.7 Å². The van der Waals surface area contributed by atoms with E-state index in [1.807, 2.05) is 52.0 Å². The topological polar surface area (TPSA) is 151 Å². The fourth-order valence-corrected chi connectivity index (χ4v) is 4.85. The summed E-state index contributed by atoms with van der Waals surface area (Å²) in [5.41, 5.74) is 2.90. The van der Waals surface area contributed by atoms with Crippen LogP contribution in [0, 0.1) is 18.8 Å². The average molecular weight is 562 g/mol. The van der Waals surface area contributed by atoms with Crippen molar-refractivity contribution in [3.63, 3.8) is 0 Å². The first-order valence-corrected chi connectivity index (χ1v) is 14.0. The summed E-state index contributed by atoms with van der Waals surface area (Å²) in [5.74, 6) is 0.150. The van der Waals surface area contributed by atoms with Crippen LogP contribution >= 0.6 is 0 Å². The van der Waals surface area contributed by atoms with Crippen LogP contribution in [-0.2, 0) is 20.7 Å². The number of hydrogen-bond donors (Lipinski definition) is 4. The highest BCUT2D eigenvalue weighted by atomic mass is 16.6. The Hall–Kier alpha value is -4.28. The molecule has 0 unspecified atom stereocenters. The van der Waals surface area contributed by atoms with Crippen molar-refractivity contribution in [3.05, 3.63) is 59.7 Å². The summed E-state index contributed by atoms with van der Waals surface area (Å²) < 4.78 is 5.31. The van der Waals surface area contributed by atoms with E-state index in [1.165, 1.54) is 0 Å². The van der Waals surface area contributed by atoms with Crippen molar-refractivity contribution >= 4 is 23.6 Å². The minimum Gasteiger partial charge on any atom is -0.444 e. The molecule has 1 aromatic heterocycles. The summed E-state index contributed by atoms with van der Waals surface area (Å²) in [4.78, 5) is 38.7. The molecule has 0 bridgehead atoms. The molecule has 1 aliphatic rings. The maximum atomic E-state index is 13.4. The molecule has 2 aromatic carbocycles. The fraction of sp³-hybridized carbons (Fsp3) is 0.467. The van der Waals surface area contributed by atoms with Gasteiger partial charge in [0, 0.05) is 30.1 Å². The van der Waals surface area contributed by atoms with Gasteiger partial charge in [-0.15, -0.1) is 10.2 Å². The number of tetrazole rings is 1. The minimum atomic E-state index is -0.742. The van der Waals surface area contributed by atoms with E-state index in [1.54, 1.807) is 24.3 Å². The van der Waals surface area contributed by atoms with Crippen molar-refractivity contribution in [2.75, 3.05) is 11.9 Å². The lowest BCUT2D eigenvalue weighted by molar-refractivity contribution is -0.130. The van der Waals surface area contributed by atoms with Gasteiger partial charge >= 0.3 is 6.09 Å². The van der Waals surface area contributed by atoms with Crippen molar-refractivity contribution in [2.24, 2.45) is 11.8 Å². The van der Waals surface area contributed by atoms with Gasteiger partial charge in [-0.3, -0.25) is 9.59 Å². The van der Waals surface area contributed by atoms with Gasteiger partial charge in [0.15, 0.2) is 0 Å². The molecule has 41 heavy (non-hydrogen) atoms. The number of amides is 3. The molecule has 4 rings (SSSR count). The summed E-state index contributed by atoms with van der Waals surface area (Å²) in [7, 11) is 0. The number of nitrogens with zero attached hydrogens (tertiary/aromatic N) is 3. The number of H-pyrrole nitrogens is 1. The third kappa shape index (κ3) is 9.12. The molecule has 4 N–H and O–H groups in total. The SMILES string of the molecule is Cc1ccc(C[C@H](NC(=O)C2CCC(CNC(=O)OC(C)(C)C)CC2)C(=O)Nc2ccc(-c3nn[nH]n3)cc2)cc1. The zero-order valence-corrected chi connectivity index (χ0v) is 24.1. The Labute approximate surface area is 240 Å². The number of alkyl carbamates (subject to hydrolysis) is 1. The van der Waals surface area contributed by atoms with Gasteiger partial charge in [-0.2, -0.15) is 5.21 Å². The number of carbonyl (C=O) groups is 3. The quantitative estimate of drug-likeness (QED) is 0.306. The number of anilines is 1. The molecule has 1 aliphatic carbocycles. The Balaban J connectivity index is 1.34.